The van der Waals surface area contributed by atoms with Crippen molar-refractivity contribution in [2.24, 2.45) is 0 Å². The van der Waals surface area contributed by atoms with Crippen LogP contribution in [0.2, 0.25) is 5.15 Å². The second-order valence-corrected chi connectivity index (χ2v) is 10.6. The van der Waals surface area contributed by atoms with Crippen molar-refractivity contribution in [2.75, 3.05) is 12.4 Å². The van der Waals surface area contributed by atoms with Crippen molar-refractivity contribution in [1.29, 1.82) is 0 Å². The lowest BCUT2D eigenvalue weighted by Crippen LogP contribution is -2.29. The zero-order chi connectivity index (χ0) is 30.2. The Bertz CT molecular complexity index is 1450. The first-order valence-corrected chi connectivity index (χ1v) is 12.6. The highest BCUT2D eigenvalue weighted by Gasteiger charge is 2.36. The first-order chi connectivity index (χ1) is 18.5. The second-order valence-electron chi connectivity index (χ2n) is 10.2. The minimum Gasteiger partial charge on any atom is -0.505 e. The lowest BCUT2D eigenvalue weighted by Gasteiger charge is -2.30. The van der Waals surface area contributed by atoms with Gasteiger partial charge in [0.1, 0.15) is 16.6 Å². The van der Waals surface area contributed by atoms with E-state index in [0.717, 1.165) is 11.6 Å². The number of carbonyl (C=O) groups excluding carboxylic acids is 2. The summed E-state index contributed by atoms with van der Waals surface area (Å²) in [5.41, 5.74) is 0.640. The van der Waals surface area contributed by atoms with Gasteiger partial charge in [0, 0.05) is 11.1 Å². The Hall–Kier alpha value is -3.63. The Balaban J connectivity index is 2.26. The van der Waals surface area contributed by atoms with E-state index in [1.807, 2.05) is 31.2 Å². The normalized spacial score (nSPS) is 12.7. The van der Waals surface area contributed by atoms with Crippen molar-refractivity contribution in [3.05, 3.63) is 75.1 Å². The van der Waals surface area contributed by atoms with Crippen LogP contribution in [-0.2, 0) is 20.4 Å². The molecule has 1 amide bonds. The van der Waals surface area contributed by atoms with Crippen LogP contribution in [0, 0.1) is 20.8 Å². The maximum Gasteiger partial charge on any atom is 0.433 e. The van der Waals surface area contributed by atoms with Crippen molar-refractivity contribution < 1.29 is 37.3 Å². The smallest absolute Gasteiger partial charge is 0.433 e. The first-order valence-electron chi connectivity index (χ1n) is 12.2. The molecule has 3 aromatic rings. The number of anilines is 1. The van der Waals surface area contributed by atoms with Gasteiger partial charge >= 0.3 is 12.1 Å². The number of carbonyl (C=O) groups is 2. The van der Waals surface area contributed by atoms with Gasteiger partial charge in [0.2, 0.25) is 0 Å². The van der Waals surface area contributed by atoms with Crippen molar-refractivity contribution in [2.45, 2.75) is 59.4 Å². The highest BCUT2D eigenvalue weighted by atomic mass is 35.5. The predicted molar refractivity (Wildman–Crippen MR) is 146 cm³/mol. The number of alkyl halides is 3. The summed E-state index contributed by atoms with van der Waals surface area (Å²) in [6, 6.07) is 8.94. The molecule has 1 heterocycles. The molecule has 0 aliphatic rings. The minimum atomic E-state index is -4.75. The van der Waals surface area contributed by atoms with E-state index in [1.165, 1.54) is 7.11 Å². The van der Waals surface area contributed by atoms with Crippen LogP contribution in [0.3, 0.4) is 0 Å². The maximum atomic E-state index is 13.2. The molecule has 1 atom stereocenters. The molecule has 11 heteroatoms. The monoisotopic (exact) mass is 578 g/mol. The van der Waals surface area contributed by atoms with Gasteiger partial charge in [-0.1, -0.05) is 41.4 Å². The summed E-state index contributed by atoms with van der Waals surface area (Å²) in [5, 5.41) is 13.1. The summed E-state index contributed by atoms with van der Waals surface area (Å²) in [7, 11) is 1.22. The van der Waals surface area contributed by atoms with Gasteiger partial charge in [0.05, 0.1) is 24.0 Å². The summed E-state index contributed by atoms with van der Waals surface area (Å²) < 4.78 is 50.3. The highest BCUT2D eigenvalue weighted by molar-refractivity contribution is 6.33. The SMILES string of the molecule is COC(=O)[C@@H](OC(C)(C)C)c1c(C)c(NC(=O)c2ccc(C(F)(F)F)nc2Cl)c(O)c(C)c1-c1ccc(C)cc1. The van der Waals surface area contributed by atoms with Crippen LogP contribution in [0.4, 0.5) is 18.9 Å². The van der Waals surface area contributed by atoms with E-state index in [0.29, 0.717) is 28.3 Å². The molecule has 0 saturated carbocycles. The fourth-order valence-electron chi connectivity index (χ4n) is 4.21. The van der Waals surface area contributed by atoms with Gasteiger partial charge in [0.15, 0.2) is 6.10 Å². The number of rotatable bonds is 6. The van der Waals surface area contributed by atoms with E-state index < -0.39 is 40.6 Å². The topological polar surface area (TPSA) is 97.8 Å². The molecule has 7 nitrogen and oxygen atoms in total. The Morgan fingerprint density at radius 2 is 1.60 bits per heavy atom. The van der Waals surface area contributed by atoms with Gasteiger partial charge in [-0.3, -0.25) is 4.79 Å². The summed E-state index contributed by atoms with van der Waals surface area (Å²) in [6.45, 7) is 10.4. The number of phenolic OH excluding ortho intramolecular Hbond substituents is 1. The molecule has 0 bridgehead atoms. The van der Waals surface area contributed by atoms with Crippen LogP contribution in [0.1, 0.15) is 65.2 Å². The lowest BCUT2D eigenvalue weighted by atomic mass is 9.86. The molecule has 0 aliphatic heterocycles. The third-order valence-corrected chi connectivity index (χ3v) is 6.41. The number of hydrogen-bond acceptors (Lipinski definition) is 6. The Morgan fingerprint density at radius 3 is 2.10 bits per heavy atom. The number of aryl methyl sites for hydroxylation is 1. The number of amides is 1. The van der Waals surface area contributed by atoms with Crippen molar-refractivity contribution in [3.8, 4) is 16.9 Å². The third-order valence-electron chi connectivity index (χ3n) is 6.13. The second kappa shape index (κ2) is 11.5. The molecular weight excluding hydrogens is 549 g/mol. The quantitative estimate of drug-likeness (QED) is 0.180. The zero-order valence-corrected chi connectivity index (χ0v) is 23.8. The van der Waals surface area contributed by atoms with Crippen LogP contribution in [0.15, 0.2) is 36.4 Å². The zero-order valence-electron chi connectivity index (χ0n) is 23.1. The molecule has 0 unspecified atom stereocenters. The molecule has 40 heavy (non-hydrogen) atoms. The number of halogens is 4. The van der Waals surface area contributed by atoms with E-state index >= 15 is 0 Å². The van der Waals surface area contributed by atoms with E-state index in [2.05, 4.69) is 10.3 Å². The number of nitrogens with zero attached hydrogens (tertiary/aromatic N) is 1. The number of benzene rings is 2. The number of esters is 1. The first kappa shape index (κ1) is 30.9. The van der Waals surface area contributed by atoms with Crippen molar-refractivity contribution in [1.82, 2.24) is 4.98 Å². The fraction of sp³-hybridized carbons (Fsp3) is 0.345. The molecular formula is C29H30ClF3N2O5. The number of methoxy groups -OCH3 is 1. The predicted octanol–water partition coefficient (Wildman–Crippen LogP) is 7.33. The summed E-state index contributed by atoms with van der Waals surface area (Å²) in [6.07, 6.45) is -6.01. The average molecular weight is 579 g/mol. The average Bonchev–Trinajstić information content (AvgIpc) is 2.86. The van der Waals surface area contributed by atoms with Crippen LogP contribution in [0.5, 0.6) is 5.75 Å². The highest BCUT2D eigenvalue weighted by Crippen LogP contribution is 2.46. The Morgan fingerprint density at radius 1 is 1.00 bits per heavy atom. The Kier molecular flexibility index (Phi) is 8.86. The van der Waals surface area contributed by atoms with Crippen LogP contribution < -0.4 is 5.32 Å². The number of pyridine rings is 1. The van der Waals surface area contributed by atoms with Gasteiger partial charge in [-0.2, -0.15) is 13.2 Å². The molecule has 2 aromatic carbocycles. The van der Waals surface area contributed by atoms with Crippen LogP contribution in [0.25, 0.3) is 11.1 Å². The van der Waals surface area contributed by atoms with E-state index in [4.69, 9.17) is 21.1 Å². The van der Waals surface area contributed by atoms with Gasteiger partial charge in [-0.25, -0.2) is 9.78 Å². The number of aromatic hydroxyl groups is 1. The molecule has 2 N–H and O–H groups in total. The molecule has 214 valence electrons. The summed E-state index contributed by atoms with van der Waals surface area (Å²) >= 11 is 5.92. The molecule has 0 aliphatic carbocycles. The molecule has 0 saturated heterocycles. The molecule has 0 spiro atoms. The molecule has 0 radical (unpaired) electrons. The lowest BCUT2D eigenvalue weighted by molar-refractivity contribution is -0.164. The largest absolute Gasteiger partial charge is 0.505 e. The van der Waals surface area contributed by atoms with Gasteiger partial charge in [-0.05, 0) is 70.4 Å². The van der Waals surface area contributed by atoms with Crippen molar-refractivity contribution in [3.63, 3.8) is 0 Å². The van der Waals surface area contributed by atoms with Crippen LogP contribution in [-0.4, -0.2) is 34.7 Å². The molecule has 3 rings (SSSR count). The summed E-state index contributed by atoms with van der Waals surface area (Å²) in [4.78, 5) is 29.5. The van der Waals surface area contributed by atoms with Gasteiger partial charge in [-0.15, -0.1) is 0 Å². The van der Waals surface area contributed by atoms with Gasteiger partial charge < -0.3 is 19.9 Å². The molecule has 1 aromatic heterocycles. The minimum absolute atomic E-state index is 0.0734. The maximum absolute atomic E-state index is 13.2. The number of ether oxygens (including phenoxy) is 2. The van der Waals surface area contributed by atoms with E-state index in [1.54, 1.807) is 34.6 Å². The standard InChI is InChI=1S/C29H30ClF3N2O5/c1-14-8-10-17(11-9-14)20-16(3)23(36)22(15(2)21(20)24(27(38)39-7)40-28(4,5)6)35-26(37)18-12-13-19(29(31,32)33)34-25(18)30/h8-13,24,36H,1-7H3,(H,35,37)/t24-/m0/s1. The third kappa shape index (κ3) is 6.56. The summed E-state index contributed by atoms with van der Waals surface area (Å²) in [5.74, 6) is -1.92. The van der Waals surface area contributed by atoms with E-state index in [9.17, 15) is 27.9 Å². The number of phenols is 1. The molecule has 0 fully saturated rings. The number of aromatic nitrogens is 1. The van der Waals surface area contributed by atoms with Crippen LogP contribution >= 0.6 is 11.6 Å². The Labute approximate surface area is 235 Å². The van der Waals surface area contributed by atoms with Crippen molar-refractivity contribution >= 4 is 29.2 Å². The van der Waals surface area contributed by atoms with Gasteiger partial charge in [0.25, 0.3) is 5.91 Å². The van der Waals surface area contributed by atoms with E-state index in [-0.39, 0.29) is 22.6 Å². The fourth-order valence-corrected chi connectivity index (χ4v) is 4.45. The number of hydrogen-bond donors (Lipinski definition) is 2. The number of nitrogens with one attached hydrogen (secondary N) is 1.